The van der Waals surface area contributed by atoms with Crippen LogP contribution in [0.25, 0.3) is 0 Å². The lowest BCUT2D eigenvalue weighted by atomic mass is 10.1. The van der Waals surface area contributed by atoms with Gasteiger partial charge in [0.1, 0.15) is 11.5 Å². The van der Waals surface area contributed by atoms with Crippen molar-refractivity contribution in [1.82, 2.24) is 5.43 Å². The number of aryl methyl sites for hydroxylation is 2. The van der Waals surface area contributed by atoms with E-state index in [-0.39, 0.29) is 12.5 Å². The van der Waals surface area contributed by atoms with Crippen LogP contribution in [0.2, 0.25) is 0 Å². The van der Waals surface area contributed by atoms with Crippen molar-refractivity contribution >= 4 is 11.6 Å². The first-order chi connectivity index (χ1) is 12.0. The van der Waals surface area contributed by atoms with E-state index in [0.29, 0.717) is 18.1 Å². The molecule has 0 saturated heterocycles. The van der Waals surface area contributed by atoms with Crippen molar-refractivity contribution in [1.29, 1.82) is 0 Å². The van der Waals surface area contributed by atoms with Crippen LogP contribution in [0.1, 0.15) is 30.5 Å². The summed E-state index contributed by atoms with van der Waals surface area (Å²) in [7, 11) is 0. The molecule has 0 spiro atoms. The lowest BCUT2D eigenvalue weighted by Crippen LogP contribution is -2.25. The zero-order valence-corrected chi connectivity index (χ0v) is 15.1. The van der Waals surface area contributed by atoms with E-state index in [9.17, 15) is 4.79 Å². The highest BCUT2D eigenvalue weighted by Gasteiger charge is 2.04. The van der Waals surface area contributed by atoms with Gasteiger partial charge in [0.05, 0.1) is 12.3 Å². The summed E-state index contributed by atoms with van der Waals surface area (Å²) in [5, 5.41) is 4.11. The van der Waals surface area contributed by atoms with Gasteiger partial charge in [-0.1, -0.05) is 6.07 Å². The molecule has 0 aliphatic heterocycles. The summed E-state index contributed by atoms with van der Waals surface area (Å²) in [6.45, 7) is 8.30. The highest BCUT2D eigenvalue weighted by atomic mass is 16.5. The molecular weight excluding hydrogens is 316 g/mol. The monoisotopic (exact) mass is 340 g/mol. The van der Waals surface area contributed by atoms with Crippen molar-refractivity contribution in [3.8, 4) is 11.5 Å². The molecule has 2 aromatic carbocycles. The van der Waals surface area contributed by atoms with Gasteiger partial charge < -0.3 is 9.47 Å². The van der Waals surface area contributed by atoms with Gasteiger partial charge in [0.15, 0.2) is 6.61 Å². The highest BCUT2D eigenvalue weighted by molar-refractivity contribution is 5.99. The van der Waals surface area contributed by atoms with Crippen LogP contribution in [-0.2, 0) is 4.79 Å². The molecule has 0 aliphatic carbocycles. The third kappa shape index (κ3) is 5.95. The van der Waals surface area contributed by atoms with E-state index in [1.165, 1.54) is 0 Å². The fourth-order valence-corrected chi connectivity index (χ4v) is 2.37. The summed E-state index contributed by atoms with van der Waals surface area (Å²) in [5.41, 5.74) is 6.33. The molecule has 132 valence electrons. The second kappa shape index (κ2) is 8.87. The minimum atomic E-state index is -0.301. The molecule has 0 aromatic heterocycles. The lowest BCUT2D eigenvalue weighted by Gasteiger charge is -2.08. The Hall–Kier alpha value is -2.82. The van der Waals surface area contributed by atoms with E-state index in [2.05, 4.69) is 16.6 Å². The molecule has 0 fully saturated rings. The average molecular weight is 340 g/mol. The lowest BCUT2D eigenvalue weighted by molar-refractivity contribution is -0.123. The summed E-state index contributed by atoms with van der Waals surface area (Å²) in [6.07, 6.45) is 0. The molecule has 0 unspecified atom stereocenters. The number of hydrogen-bond acceptors (Lipinski definition) is 4. The molecule has 0 aliphatic rings. The van der Waals surface area contributed by atoms with Crippen LogP contribution in [0.5, 0.6) is 11.5 Å². The van der Waals surface area contributed by atoms with Gasteiger partial charge in [0.25, 0.3) is 5.91 Å². The molecule has 0 atom stereocenters. The molecule has 2 rings (SSSR count). The number of nitrogens with zero attached hydrogens (tertiary/aromatic N) is 1. The van der Waals surface area contributed by atoms with Crippen LogP contribution in [0.4, 0.5) is 0 Å². The maximum atomic E-state index is 11.9. The molecule has 0 heterocycles. The number of hydrazone groups is 1. The zero-order chi connectivity index (χ0) is 18.2. The first-order valence-electron chi connectivity index (χ1n) is 8.25. The Morgan fingerprint density at radius 1 is 1.00 bits per heavy atom. The standard InChI is InChI=1S/C20H24N2O3/c1-5-24-18-8-6-17(7-9-18)16(4)21-22-20(23)13-25-19-11-14(2)10-15(3)12-19/h6-12H,5,13H2,1-4H3,(H,22,23)/b21-16-. The predicted octanol–water partition coefficient (Wildman–Crippen LogP) is 3.62. The normalized spacial score (nSPS) is 11.1. The quantitative estimate of drug-likeness (QED) is 0.618. The maximum Gasteiger partial charge on any atom is 0.277 e. The van der Waals surface area contributed by atoms with Crippen molar-refractivity contribution < 1.29 is 14.3 Å². The fraction of sp³-hybridized carbons (Fsp3) is 0.300. The van der Waals surface area contributed by atoms with Crippen LogP contribution in [0.15, 0.2) is 47.6 Å². The third-order valence-electron chi connectivity index (χ3n) is 3.50. The van der Waals surface area contributed by atoms with Gasteiger partial charge in [-0.3, -0.25) is 4.79 Å². The van der Waals surface area contributed by atoms with Gasteiger partial charge >= 0.3 is 0 Å². The summed E-state index contributed by atoms with van der Waals surface area (Å²) < 4.78 is 10.9. The van der Waals surface area contributed by atoms with Crippen LogP contribution in [0.3, 0.4) is 0 Å². The van der Waals surface area contributed by atoms with Crippen LogP contribution in [-0.4, -0.2) is 24.8 Å². The largest absolute Gasteiger partial charge is 0.494 e. The van der Waals surface area contributed by atoms with Crippen LogP contribution in [0, 0.1) is 13.8 Å². The maximum absolute atomic E-state index is 11.9. The van der Waals surface area contributed by atoms with Gasteiger partial charge in [-0.25, -0.2) is 5.43 Å². The molecule has 0 radical (unpaired) electrons. The first-order valence-corrected chi connectivity index (χ1v) is 8.25. The van der Waals surface area contributed by atoms with Crippen LogP contribution < -0.4 is 14.9 Å². The second-order valence-corrected chi connectivity index (χ2v) is 5.80. The third-order valence-corrected chi connectivity index (χ3v) is 3.50. The molecule has 25 heavy (non-hydrogen) atoms. The van der Waals surface area contributed by atoms with Crippen LogP contribution >= 0.6 is 0 Å². The van der Waals surface area contributed by atoms with E-state index < -0.39 is 0 Å². The fourth-order valence-electron chi connectivity index (χ4n) is 2.37. The van der Waals surface area contributed by atoms with E-state index >= 15 is 0 Å². The molecule has 5 heteroatoms. The Bertz CT molecular complexity index is 732. The average Bonchev–Trinajstić information content (AvgIpc) is 2.58. The summed E-state index contributed by atoms with van der Waals surface area (Å²) in [4.78, 5) is 11.9. The second-order valence-electron chi connectivity index (χ2n) is 5.80. The minimum Gasteiger partial charge on any atom is -0.494 e. The van der Waals surface area contributed by atoms with Crippen molar-refractivity contribution in [2.24, 2.45) is 5.10 Å². The molecule has 1 amide bonds. The van der Waals surface area contributed by atoms with E-state index in [1.54, 1.807) is 0 Å². The molecule has 1 N–H and O–H groups in total. The summed E-state index contributed by atoms with van der Waals surface area (Å²) in [5.74, 6) is 1.19. The molecule has 0 saturated carbocycles. The van der Waals surface area contributed by atoms with Gasteiger partial charge in [0, 0.05) is 0 Å². The topological polar surface area (TPSA) is 59.9 Å². The number of nitrogens with one attached hydrogen (secondary N) is 1. The molecule has 0 bridgehead atoms. The number of rotatable bonds is 7. The molecule has 5 nitrogen and oxygen atoms in total. The summed E-state index contributed by atoms with van der Waals surface area (Å²) >= 11 is 0. The molecular formula is C20H24N2O3. The smallest absolute Gasteiger partial charge is 0.277 e. The number of amides is 1. The SMILES string of the molecule is CCOc1ccc(/C(C)=N\NC(=O)COc2cc(C)cc(C)c2)cc1. The number of benzene rings is 2. The van der Waals surface area contributed by atoms with Gasteiger partial charge in [0.2, 0.25) is 0 Å². The number of carbonyl (C=O) groups excluding carboxylic acids is 1. The number of hydrogen-bond donors (Lipinski definition) is 1. The Kier molecular flexibility index (Phi) is 6.57. The van der Waals surface area contributed by atoms with E-state index in [1.807, 2.05) is 64.1 Å². The Balaban J connectivity index is 1.88. The number of carbonyl (C=O) groups is 1. The van der Waals surface area contributed by atoms with Gasteiger partial charge in [-0.05, 0) is 80.8 Å². The van der Waals surface area contributed by atoms with Crippen molar-refractivity contribution in [2.75, 3.05) is 13.2 Å². The van der Waals surface area contributed by atoms with Crippen molar-refractivity contribution in [3.05, 3.63) is 59.2 Å². The van der Waals surface area contributed by atoms with Gasteiger partial charge in [-0.2, -0.15) is 5.10 Å². The zero-order valence-electron chi connectivity index (χ0n) is 15.1. The van der Waals surface area contributed by atoms with Gasteiger partial charge in [-0.15, -0.1) is 0 Å². The van der Waals surface area contributed by atoms with Crippen molar-refractivity contribution in [3.63, 3.8) is 0 Å². The molecule has 2 aromatic rings. The number of ether oxygens (including phenoxy) is 2. The predicted molar refractivity (Wildman–Crippen MR) is 99.4 cm³/mol. The Labute approximate surface area is 148 Å². The Morgan fingerprint density at radius 2 is 1.64 bits per heavy atom. The summed E-state index contributed by atoms with van der Waals surface area (Å²) in [6, 6.07) is 13.4. The highest BCUT2D eigenvalue weighted by Crippen LogP contribution is 2.16. The minimum absolute atomic E-state index is 0.0804. The van der Waals surface area contributed by atoms with E-state index in [0.717, 1.165) is 22.4 Å². The first kappa shape index (κ1) is 18.5. The van der Waals surface area contributed by atoms with E-state index in [4.69, 9.17) is 9.47 Å². The van der Waals surface area contributed by atoms with Crippen molar-refractivity contribution in [2.45, 2.75) is 27.7 Å². The Morgan fingerprint density at radius 3 is 2.24 bits per heavy atom.